The third kappa shape index (κ3) is 3.29. The van der Waals surface area contributed by atoms with Crippen LogP contribution >= 0.6 is 0 Å². The minimum atomic E-state index is -0.310. The molecule has 2 N–H and O–H groups in total. The normalized spacial score (nSPS) is 13.4. The van der Waals surface area contributed by atoms with Crippen LogP contribution in [0.3, 0.4) is 0 Å². The summed E-state index contributed by atoms with van der Waals surface area (Å²) in [4.78, 5) is 12.9. The van der Waals surface area contributed by atoms with Gasteiger partial charge in [0.1, 0.15) is 23.6 Å². The number of pyridine rings is 1. The van der Waals surface area contributed by atoms with Crippen LogP contribution in [-0.4, -0.2) is 38.1 Å². The molecule has 1 aromatic carbocycles. The molecule has 0 saturated heterocycles. The van der Waals surface area contributed by atoms with Crippen molar-refractivity contribution in [3.05, 3.63) is 66.5 Å². The van der Waals surface area contributed by atoms with E-state index in [9.17, 15) is 4.39 Å². The topological polar surface area (TPSA) is 104 Å². The van der Waals surface area contributed by atoms with Gasteiger partial charge in [-0.2, -0.15) is 10.2 Å². The van der Waals surface area contributed by atoms with Crippen molar-refractivity contribution in [2.75, 3.05) is 12.8 Å². The predicted molar refractivity (Wildman–Crippen MR) is 117 cm³/mol. The number of hydrogen-bond acceptors (Lipinski definition) is 7. The Morgan fingerprint density at radius 2 is 1.87 bits per heavy atom. The number of ether oxygens (including phenoxy) is 1. The lowest BCUT2D eigenvalue weighted by molar-refractivity contribution is 0.400. The number of nitrogens with zero attached hydrogens (tertiary/aromatic N) is 6. The molecule has 154 valence electrons. The molecular formula is C22H18FN7O. The van der Waals surface area contributed by atoms with Crippen LogP contribution in [0.2, 0.25) is 0 Å². The van der Waals surface area contributed by atoms with Crippen LogP contribution in [0.15, 0.2) is 65.3 Å². The smallest absolute Gasteiger partial charge is 0.221 e. The van der Waals surface area contributed by atoms with E-state index in [-0.39, 0.29) is 5.82 Å². The zero-order valence-corrected chi connectivity index (χ0v) is 16.7. The molecule has 0 atom stereocenters. The summed E-state index contributed by atoms with van der Waals surface area (Å²) in [5.41, 5.74) is 10.3. The Morgan fingerprint density at radius 3 is 2.71 bits per heavy atom. The van der Waals surface area contributed by atoms with E-state index in [0.29, 0.717) is 47.0 Å². The molecule has 0 unspecified atom stereocenters. The van der Waals surface area contributed by atoms with Crippen LogP contribution in [0.25, 0.3) is 22.2 Å². The molecular weight excluding hydrogens is 397 g/mol. The van der Waals surface area contributed by atoms with Crippen molar-refractivity contribution in [3.63, 3.8) is 0 Å². The van der Waals surface area contributed by atoms with Crippen LogP contribution in [0.4, 0.5) is 10.2 Å². The number of methoxy groups -OCH3 is 1. The highest BCUT2D eigenvalue weighted by atomic mass is 19.1. The Hall–Kier alpha value is -4.14. The SMILES string of the molecule is COc1ncccc1-c1cn(CC2=NN=C(c3ccccc3F)C2)c2ncnc(N)c12. The van der Waals surface area contributed by atoms with Gasteiger partial charge in [-0.25, -0.2) is 19.3 Å². The molecule has 0 saturated carbocycles. The molecule has 1 aliphatic heterocycles. The monoisotopic (exact) mass is 415 g/mol. The van der Waals surface area contributed by atoms with Crippen molar-refractivity contribution in [1.82, 2.24) is 19.5 Å². The molecule has 31 heavy (non-hydrogen) atoms. The Morgan fingerprint density at radius 1 is 1.03 bits per heavy atom. The molecule has 0 aliphatic carbocycles. The summed E-state index contributed by atoms with van der Waals surface area (Å²) in [7, 11) is 1.57. The average Bonchev–Trinajstić information content (AvgIpc) is 3.40. The summed E-state index contributed by atoms with van der Waals surface area (Å²) in [6.45, 7) is 0.428. The largest absolute Gasteiger partial charge is 0.481 e. The number of nitrogen functional groups attached to an aromatic ring is 1. The Kier molecular flexibility index (Phi) is 4.62. The van der Waals surface area contributed by atoms with E-state index < -0.39 is 0 Å². The van der Waals surface area contributed by atoms with Gasteiger partial charge in [-0.3, -0.25) is 0 Å². The fourth-order valence-corrected chi connectivity index (χ4v) is 3.75. The van der Waals surface area contributed by atoms with E-state index in [1.807, 2.05) is 22.9 Å². The summed E-state index contributed by atoms with van der Waals surface area (Å²) in [5.74, 6) is 0.532. The second-order valence-electron chi connectivity index (χ2n) is 7.06. The predicted octanol–water partition coefficient (Wildman–Crippen LogP) is 3.47. The molecule has 0 bridgehead atoms. The van der Waals surface area contributed by atoms with Gasteiger partial charge in [0.15, 0.2) is 0 Å². The number of aromatic nitrogens is 4. The van der Waals surface area contributed by atoms with E-state index in [1.54, 1.807) is 31.5 Å². The first kappa shape index (κ1) is 18.9. The number of rotatable bonds is 5. The summed E-state index contributed by atoms with van der Waals surface area (Å²) in [6, 6.07) is 10.3. The third-order valence-electron chi connectivity index (χ3n) is 5.16. The van der Waals surface area contributed by atoms with Crippen molar-refractivity contribution in [2.45, 2.75) is 13.0 Å². The lowest BCUT2D eigenvalue weighted by Gasteiger charge is -2.06. The van der Waals surface area contributed by atoms with Crippen molar-refractivity contribution >= 4 is 28.3 Å². The molecule has 0 amide bonds. The molecule has 0 radical (unpaired) electrons. The Labute approximate surface area is 177 Å². The van der Waals surface area contributed by atoms with Crippen LogP contribution < -0.4 is 10.5 Å². The van der Waals surface area contributed by atoms with Crippen molar-refractivity contribution in [2.24, 2.45) is 10.2 Å². The van der Waals surface area contributed by atoms with Crippen molar-refractivity contribution in [1.29, 1.82) is 0 Å². The maximum Gasteiger partial charge on any atom is 0.221 e. The lowest BCUT2D eigenvalue weighted by atomic mass is 10.0. The molecule has 0 spiro atoms. The van der Waals surface area contributed by atoms with Crippen molar-refractivity contribution < 1.29 is 9.13 Å². The highest BCUT2D eigenvalue weighted by molar-refractivity contribution is 6.15. The van der Waals surface area contributed by atoms with Crippen molar-refractivity contribution in [3.8, 4) is 17.0 Å². The minimum absolute atomic E-state index is 0.310. The van der Waals surface area contributed by atoms with Gasteiger partial charge in [0.2, 0.25) is 5.88 Å². The minimum Gasteiger partial charge on any atom is -0.481 e. The molecule has 9 heteroatoms. The standard InChI is InChI=1S/C22H18FN7O/c1-31-22-14(6-4-8-25-22)16-11-30(21-19(16)20(24)26-12-27-21)10-13-9-18(29-28-13)15-5-2-3-7-17(15)23/h2-8,11-12H,9-10H2,1H3,(H2,24,26,27). The molecule has 5 rings (SSSR count). The quantitative estimate of drug-likeness (QED) is 0.538. The number of benzene rings is 1. The molecule has 4 heterocycles. The summed E-state index contributed by atoms with van der Waals surface area (Å²) >= 11 is 0. The van der Waals surface area contributed by atoms with E-state index >= 15 is 0 Å². The Balaban J connectivity index is 1.51. The lowest BCUT2D eigenvalue weighted by Crippen LogP contribution is -2.12. The van der Waals surface area contributed by atoms with Crippen LogP contribution in [-0.2, 0) is 6.54 Å². The molecule has 8 nitrogen and oxygen atoms in total. The third-order valence-corrected chi connectivity index (χ3v) is 5.16. The average molecular weight is 415 g/mol. The number of hydrogen-bond donors (Lipinski definition) is 1. The zero-order chi connectivity index (χ0) is 21.4. The van der Waals surface area contributed by atoms with Gasteiger partial charge in [-0.15, -0.1) is 0 Å². The van der Waals surface area contributed by atoms with Gasteiger partial charge in [0.25, 0.3) is 0 Å². The molecule has 3 aromatic heterocycles. The van der Waals surface area contributed by atoms with Crippen LogP contribution in [0.5, 0.6) is 5.88 Å². The molecule has 0 fully saturated rings. The van der Waals surface area contributed by atoms with Gasteiger partial charge >= 0.3 is 0 Å². The first-order valence-electron chi connectivity index (χ1n) is 9.61. The summed E-state index contributed by atoms with van der Waals surface area (Å²) in [6.07, 6.45) is 5.47. The number of halogens is 1. The van der Waals surface area contributed by atoms with Crippen LogP contribution in [0, 0.1) is 5.82 Å². The molecule has 4 aromatic rings. The second kappa shape index (κ2) is 7.60. The first-order valence-corrected chi connectivity index (χ1v) is 9.61. The number of nitrogens with two attached hydrogens (primary N) is 1. The maximum absolute atomic E-state index is 14.1. The summed E-state index contributed by atoms with van der Waals surface area (Å²) in [5, 5.41) is 9.19. The van der Waals surface area contributed by atoms with E-state index in [4.69, 9.17) is 10.5 Å². The highest BCUT2D eigenvalue weighted by Crippen LogP contribution is 2.36. The first-order chi connectivity index (χ1) is 15.2. The van der Waals surface area contributed by atoms with E-state index in [1.165, 1.54) is 12.4 Å². The van der Waals surface area contributed by atoms with Gasteiger partial charge in [0.05, 0.1) is 30.5 Å². The summed E-state index contributed by atoms with van der Waals surface area (Å²) < 4.78 is 21.5. The van der Waals surface area contributed by atoms with E-state index in [0.717, 1.165) is 16.8 Å². The fourth-order valence-electron chi connectivity index (χ4n) is 3.75. The zero-order valence-electron chi connectivity index (χ0n) is 16.7. The Bertz CT molecular complexity index is 1360. The molecule has 1 aliphatic rings. The number of fused-ring (bicyclic) bond motifs is 1. The van der Waals surface area contributed by atoms with E-state index in [2.05, 4.69) is 25.2 Å². The second-order valence-corrected chi connectivity index (χ2v) is 7.06. The highest BCUT2D eigenvalue weighted by Gasteiger charge is 2.22. The maximum atomic E-state index is 14.1. The van der Waals surface area contributed by atoms with Gasteiger partial charge in [-0.1, -0.05) is 18.2 Å². The fraction of sp³-hybridized carbons (Fsp3) is 0.136. The van der Waals surface area contributed by atoms with Gasteiger partial charge < -0.3 is 15.0 Å². The van der Waals surface area contributed by atoms with Gasteiger partial charge in [0, 0.05) is 35.5 Å². The van der Waals surface area contributed by atoms with Crippen LogP contribution in [0.1, 0.15) is 12.0 Å². The van der Waals surface area contributed by atoms with Gasteiger partial charge in [-0.05, 0) is 18.2 Å². The number of anilines is 1.